The fraction of sp³-hybridized carbons (Fsp3) is 0.543. The first-order valence-corrected chi connectivity index (χ1v) is 20.8. The van der Waals surface area contributed by atoms with Crippen LogP contribution in [0.15, 0.2) is 52.9 Å². The van der Waals surface area contributed by atoms with E-state index < -0.39 is 37.3 Å². The number of ether oxygens (including phenoxy) is 2. The number of carbonyl (C=O) groups is 2. The molecule has 1 saturated carbocycles. The minimum atomic E-state index is -3.55. The van der Waals surface area contributed by atoms with Crippen LogP contribution in [0.5, 0.6) is 5.75 Å². The van der Waals surface area contributed by atoms with Crippen LogP contribution in [0.1, 0.15) is 66.4 Å². The largest absolute Gasteiger partial charge is 0.490 e. The Kier molecular flexibility index (Phi) is 10.3. The van der Waals surface area contributed by atoms with E-state index >= 15 is 0 Å². The second-order valence-corrected chi connectivity index (χ2v) is 18.5. The lowest BCUT2D eigenvalue weighted by Gasteiger charge is -2.46. The average molecular weight is 718 g/mol. The highest BCUT2D eigenvalue weighted by Gasteiger charge is 2.44. The molecule has 1 spiro atoms. The summed E-state index contributed by atoms with van der Waals surface area (Å²) in [4.78, 5) is 28.8. The molecule has 2 aliphatic heterocycles. The van der Waals surface area contributed by atoms with Gasteiger partial charge in [-0.1, -0.05) is 29.8 Å². The summed E-state index contributed by atoms with van der Waals surface area (Å²) in [6, 6.07) is 11.3. The van der Waals surface area contributed by atoms with E-state index in [2.05, 4.69) is 32.2 Å². The Balaban J connectivity index is 1.40. The molecule has 2 heterocycles. The summed E-state index contributed by atoms with van der Waals surface area (Å²) in [6.45, 7) is 1.92. The lowest BCUT2D eigenvalue weighted by Crippen LogP contribution is -2.49. The number of amides is 2. The van der Waals surface area contributed by atoms with Crippen molar-refractivity contribution in [3.05, 3.63) is 70.3 Å². The molecule has 5 atom stereocenters. The summed E-state index contributed by atoms with van der Waals surface area (Å²) < 4.78 is 56.3. The van der Waals surface area contributed by atoms with Gasteiger partial charge in [0, 0.05) is 48.9 Å². The van der Waals surface area contributed by atoms with Gasteiger partial charge in [0.25, 0.3) is 5.91 Å². The molecule has 0 saturated heterocycles. The normalized spacial score (nSPS) is 29.7. The molecule has 13 heteroatoms. The topological polar surface area (TPSA) is 131 Å². The maximum Gasteiger partial charge on any atom is 0.286 e. The zero-order valence-corrected chi connectivity index (χ0v) is 29.9. The highest BCUT2D eigenvalue weighted by Crippen LogP contribution is 2.47. The fourth-order valence-electron chi connectivity index (χ4n) is 7.62. The number of benzene rings is 2. The second kappa shape index (κ2) is 14.1. The minimum Gasteiger partial charge on any atom is -0.490 e. The van der Waals surface area contributed by atoms with E-state index in [1.54, 1.807) is 25.3 Å². The van der Waals surface area contributed by atoms with Crippen molar-refractivity contribution in [3.63, 3.8) is 0 Å². The molecule has 4 aliphatic rings. The molecule has 48 heavy (non-hydrogen) atoms. The average Bonchev–Trinajstić information content (AvgIpc) is 3.17. The van der Waals surface area contributed by atoms with Crippen molar-refractivity contribution in [2.75, 3.05) is 49.5 Å². The van der Waals surface area contributed by atoms with Crippen LogP contribution in [0.3, 0.4) is 0 Å². The van der Waals surface area contributed by atoms with Gasteiger partial charge in [0.2, 0.25) is 5.91 Å². The van der Waals surface area contributed by atoms with Gasteiger partial charge in [-0.25, -0.2) is 12.6 Å². The summed E-state index contributed by atoms with van der Waals surface area (Å²) >= 11 is 6.42. The second-order valence-electron chi connectivity index (χ2n) is 13.7. The SMILES string of the molecule is CO[C@H]1/C=C/CCC[S@@](=O)(NC(=O)CCS(C)(=O)=O)=NC(=O)c2ccc3c(c2)N(C[C@@H]2CC[C@H]21)C[C@@]1(CCCc2cc(Cl)ccc21)CO3. The number of hydrogen-bond acceptors (Lipinski definition) is 8. The van der Waals surface area contributed by atoms with Gasteiger partial charge >= 0.3 is 0 Å². The van der Waals surface area contributed by atoms with Crippen LogP contribution in [0.25, 0.3) is 0 Å². The molecule has 0 aromatic heterocycles. The van der Waals surface area contributed by atoms with E-state index in [0.717, 1.165) is 55.6 Å². The molecule has 0 unspecified atom stereocenters. The van der Waals surface area contributed by atoms with Gasteiger partial charge in [-0.15, -0.1) is 4.36 Å². The number of halogens is 1. The molecule has 2 aromatic carbocycles. The lowest BCUT2D eigenvalue weighted by atomic mass is 9.68. The van der Waals surface area contributed by atoms with Gasteiger partial charge in [0.05, 0.1) is 29.9 Å². The fourth-order valence-corrected chi connectivity index (χ4v) is 10.00. The van der Waals surface area contributed by atoms with E-state index in [1.165, 1.54) is 11.1 Å². The number of nitrogens with one attached hydrogen (secondary N) is 1. The number of allylic oxidation sites excluding steroid dienone is 1. The predicted molar refractivity (Wildman–Crippen MR) is 188 cm³/mol. The van der Waals surface area contributed by atoms with Crippen LogP contribution >= 0.6 is 11.6 Å². The summed E-state index contributed by atoms with van der Waals surface area (Å²) in [5.41, 5.74) is 3.22. The number of anilines is 1. The van der Waals surface area contributed by atoms with Crippen LogP contribution < -0.4 is 14.4 Å². The Morgan fingerprint density at radius 2 is 2.04 bits per heavy atom. The zero-order valence-electron chi connectivity index (χ0n) is 27.5. The number of fused-ring (bicyclic) bond motifs is 4. The Morgan fingerprint density at radius 3 is 2.79 bits per heavy atom. The number of rotatable bonds is 5. The van der Waals surface area contributed by atoms with Crippen LogP contribution in [0.4, 0.5) is 5.69 Å². The third-order valence-corrected chi connectivity index (χ3v) is 13.3. The number of carbonyl (C=O) groups excluding carboxylic acids is 2. The molecule has 1 fully saturated rings. The smallest absolute Gasteiger partial charge is 0.286 e. The molecule has 6 rings (SSSR count). The summed E-state index contributed by atoms with van der Waals surface area (Å²) in [6.07, 6.45) is 10.6. The van der Waals surface area contributed by atoms with E-state index in [0.29, 0.717) is 43.6 Å². The first-order valence-electron chi connectivity index (χ1n) is 16.6. The quantitative estimate of drug-likeness (QED) is 0.414. The van der Waals surface area contributed by atoms with Crippen molar-refractivity contribution < 1.29 is 31.7 Å². The summed E-state index contributed by atoms with van der Waals surface area (Å²) in [7, 11) is -5.24. The van der Waals surface area contributed by atoms with E-state index in [4.69, 9.17) is 21.1 Å². The highest BCUT2D eigenvalue weighted by atomic mass is 35.5. The lowest BCUT2D eigenvalue weighted by molar-refractivity contribution is -0.118. The molecule has 2 bridgehead atoms. The van der Waals surface area contributed by atoms with Crippen LogP contribution in [-0.4, -0.2) is 75.1 Å². The monoisotopic (exact) mass is 717 g/mol. The standard InChI is InChI=1S/C35H44ClN3O7S2/c1-45-31-8-4-3-5-17-48(44,37-33(40)15-18-47(2,42)43)38-34(41)25-10-14-32-30(20-25)39(21-26-9-12-28(26)31)22-35(23-46-32)16-6-7-24-19-27(36)11-13-29(24)35/h4,8,10-11,13-14,19-20,26,28,31H,3,5-7,9,12,15-18,21-23H2,1-2H3,(H,37,38,40,41,44)/b8-4+/t26-,28+,31-,35-,48+/m0/s1. The number of hydrogen-bond donors (Lipinski definition) is 1. The van der Waals surface area contributed by atoms with E-state index in [1.807, 2.05) is 12.1 Å². The molecule has 0 radical (unpaired) electrons. The van der Waals surface area contributed by atoms with Gasteiger partial charge in [0.15, 0.2) is 0 Å². The zero-order chi connectivity index (χ0) is 34.1. The van der Waals surface area contributed by atoms with Crippen molar-refractivity contribution in [2.24, 2.45) is 16.2 Å². The first kappa shape index (κ1) is 34.9. The highest BCUT2D eigenvalue weighted by molar-refractivity contribution is 7.92. The molecule has 1 N–H and O–H groups in total. The van der Waals surface area contributed by atoms with Crippen molar-refractivity contribution in [2.45, 2.75) is 62.9 Å². The van der Waals surface area contributed by atoms with Gasteiger partial charge in [-0.3, -0.25) is 14.3 Å². The van der Waals surface area contributed by atoms with Crippen LogP contribution in [-0.2, 0) is 41.1 Å². The van der Waals surface area contributed by atoms with Crippen molar-refractivity contribution in [3.8, 4) is 5.75 Å². The Hall–Kier alpha value is -2.93. The predicted octanol–water partition coefficient (Wildman–Crippen LogP) is 5.28. The van der Waals surface area contributed by atoms with Gasteiger partial charge in [0.1, 0.15) is 25.5 Å². The first-order chi connectivity index (χ1) is 22.9. The number of sulfone groups is 1. The molecular weight excluding hydrogens is 674 g/mol. The van der Waals surface area contributed by atoms with Gasteiger partial charge in [-0.05, 0) is 98.2 Å². The third-order valence-electron chi connectivity index (χ3n) is 10.2. The number of methoxy groups -OCH3 is 1. The summed E-state index contributed by atoms with van der Waals surface area (Å²) in [5, 5.41) is 0.722. The van der Waals surface area contributed by atoms with E-state index in [9.17, 15) is 22.2 Å². The Labute approximate surface area is 288 Å². The number of aryl methyl sites for hydroxylation is 1. The van der Waals surface area contributed by atoms with E-state index in [-0.39, 0.29) is 29.3 Å². The van der Waals surface area contributed by atoms with Gasteiger partial charge in [-0.2, -0.15) is 0 Å². The molecule has 10 nitrogen and oxygen atoms in total. The van der Waals surface area contributed by atoms with Crippen molar-refractivity contribution in [1.82, 2.24) is 4.72 Å². The Morgan fingerprint density at radius 1 is 1.21 bits per heavy atom. The van der Waals surface area contributed by atoms with Crippen LogP contribution in [0, 0.1) is 11.8 Å². The molecule has 2 aromatic rings. The molecule has 2 aliphatic carbocycles. The van der Waals surface area contributed by atoms with Crippen molar-refractivity contribution >= 4 is 48.9 Å². The van der Waals surface area contributed by atoms with Gasteiger partial charge < -0.3 is 14.4 Å². The maximum atomic E-state index is 14.0. The minimum absolute atomic E-state index is 0.0660. The molecule has 2 amide bonds. The van der Waals surface area contributed by atoms with Crippen LogP contribution in [0.2, 0.25) is 5.02 Å². The Bertz CT molecular complexity index is 1840. The maximum absolute atomic E-state index is 14.0. The van der Waals surface area contributed by atoms with Crippen molar-refractivity contribution in [1.29, 1.82) is 0 Å². The molecular formula is C35H44ClN3O7S2. The number of nitrogens with zero attached hydrogens (tertiary/aromatic N) is 2. The third kappa shape index (κ3) is 7.77. The molecule has 260 valence electrons. The summed E-state index contributed by atoms with van der Waals surface area (Å²) in [5.74, 6) is -0.560.